The molecule has 0 bridgehead atoms. The third-order valence-corrected chi connectivity index (χ3v) is 4.49. The fourth-order valence-electron chi connectivity index (χ4n) is 2.79. The van der Waals surface area contributed by atoms with Crippen LogP contribution in [0.25, 0.3) is 11.3 Å². The van der Waals surface area contributed by atoms with Crippen molar-refractivity contribution in [1.29, 1.82) is 0 Å². The van der Waals surface area contributed by atoms with Crippen LogP contribution in [0.3, 0.4) is 0 Å². The molecule has 0 atom stereocenters. The van der Waals surface area contributed by atoms with Gasteiger partial charge in [-0.2, -0.15) is 5.10 Å². The molecule has 0 saturated heterocycles. The SMILES string of the molecule is CCC(=O)Nc1cc(-c2ccc(=O)n(CC(=O)Nc3ccc(F)cc3F)n2)ccc1C. The van der Waals surface area contributed by atoms with Crippen molar-refractivity contribution in [3.63, 3.8) is 0 Å². The van der Waals surface area contributed by atoms with Gasteiger partial charge in [0.2, 0.25) is 11.8 Å². The van der Waals surface area contributed by atoms with Crippen molar-refractivity contribution < 1.29 is 18.4 Å². The second kappa shape index (κ2) is 9.29. The predicted molar refractivity (Wildman–Crippen MR) is 113 cm³/mol. The van der Waals surface area contributed by atoms with Crippen molar-refractivity contribution in [2.24, 2.45) is 0 Å². The summed E-state index contributed by atoms with van der Waals surface area (Å²) in [5, 5.41) is 9.30. The predicted octanol–water partition coefficient (Wildman–Crippen LogP) is 3.48. The van der Waals surface area contributed by atoms with Crippen LogP contribution < -0.4 is 16.2 Å². The Bertz CT molecular complexity index is 1210. The molecule has 2 amide bonds. The number of hydrogen-bond donors (Lipinski definition) is 2. The molecule has 0 aliphatic rings. The van der Waals surface area contributed by atoms with Gasteiger partial charge in [0.15, 0.2) is 0 Å². The number of nitrogens with one attached hydrogen (secondary N) is 2. The summed E-state index contributed by atoms with van der Waals surface area (Å²) in [5.74, 6) is -2.53. The first-order chi connectivity index (χ1) is 14.8. The average molecular weight is 426 g/mol. The lowest BCUT2D eigenvalue weighted by molar-refractivity contribution is -0.117. The average Bonchev–Trinajstić information content (AvgIpc) is 2.73. The maximum absolute atomic E-state index is 13.7. The number of anilines is 2. The third-order valence-electron chi connectivity index (χ3n) is 4.49. The minimum atomic E-state index is -0.927. The highest BCUT2D eigenvalue weighted by atomic mass is 19.1. The largest absolute Gasteiger partial charge is 0.326 e. The monoisotopic (exact) mass is 426 g/mol. The van der Waals surface area contributed by atoms with Gasteiger partial charge >= 0.3 is 0 Å². The molecule has 2 N–H and O–H groups in total. The van der Waals surface area contributed by atoms with Crippen LogP contribution in [-0.2, 0) is 16.1 Å². The van der Waals surface area contributed by atoms with Crippen molar-refractivity contribution in [2.75, 3.05) is 10.6 Å². The van der Waals surface area contributed by atoms with Crippen LogP contribution in [0.5, 0.6) is 0 Å². The molecular formula is C22H20F2N4O3. The van der Waals surface area contributed by atoms with E-state index in [4.69, 9.17) is 0 Å². The number of aryl methyl sites for hydroxylation is 1. The minimum Gasteiger partial charge on any atom is -0.326 e. The highest BCUT2D eigenvalue weighted by Gasteiger charge is 2.12. The summed E-state index contributed by atoms with van der Waals surface area (Å²) in [6, 6.07) is 10.8. The van der Waals surface area contributed by atoms with Crippen LogP contribution in [-0.4, -0.2) is 21.6 Å². The molecule has 0 radical (unpaired) electrons. The van der Waals surface area contributed by atoms with Gasteiger partial charge in [-0.1, -0.05) is 19.1 Å². The molecule has 0 aliphatic heterocycles. The first-order valence-electron chi connectivity index (χ1n) is 9.50. The smallest absolute Gasteiger partial charge is 0.267 e. The highest BCUT2D eigenvalue weighted by molar-refractivity contribution is 5.92. The standard InChI is InChI=1S/C22H20F2N4O3/c1-3-20(29)26-19-10-14(5-4-13(19)2)17-8-9-22(31)28(27-17)12-21(30)25-18-7-6-15(23)11-16(18)24/h4-11H,3,12H2,1-2H3,(H,25,30)(H,26,29). The summed E-state index contributed by atoms with van der Waals surface area (Å²) in [4.78, 5) is 36.1. The van der Waals surface area contributed by atoms with Crippen molar-refractivity contribution in [1.82, 2.24) is 9.78 Å². The number of rotatable bonds is 6. The molecule has 0 saturated carbocycles. The van der Waals surface area contributed by atoms with E-state index in [0.29, 0.717) is 29.4 Å². The number of benzene rings is 2. The molecule has 160 valence electrons. The Hall–Kier alpha value is -3.88. The van der Waals surface area contributed by atoms with Crippen LogP contribution in [0.4, 0.5) is 20.2 Å². The van der Waals surface area contributed by atoms with Gasteiger partial charge < -0.3 is 10.6 Å². The third kappa shape index (κ3) is 5.39. The zero-order valence-electron chi connectivity index (χ0n) is 16.9. The number of halogens is 2. The van der Waals surface area contributed by atoms with Crippen molar-refractivity contribution >= 4 is 23.2 Å². The lowest BCUT2D eigenvalue weighted by Gasteiger charge is -2.11. The number of aromatic nitrogens is 2. The van der Waals surface area contributed by atoms with Gasteiger partial charge in [0, 0.05) is 29.8 Å². The minimum absolute atomic E-state index is 0.136. The van der Waals surface area contributed by atoms with E-state index in [9.17, 15) is 23.2 Å². The Morgan fingerprint density at radius 2 is 1.71 bits per heavy atom. The lowest BCUT2D eigenvalue weighted by atomic mass is 10.1. The Morgan fingerprint density at radius 3 is 2.42 bits per heavy atom. The van der Waals surface area contributed by atoms with Crippen LogP contribution in [0.2, 0.25) is 0 Å². The molecule has 7 nitrogen and oxygen atoms in total. The van der Waals surface area contributed by atoms with Gasteiger partial charge in [0.25, 0.3) is 5.56 Å². The summed E-state index contributed by atoms with van der Waals surface area (Å²) in [7, 11) is 0. The maximum atomic E-state index is 13.7. The Labute approximate surface area is 176 Å². The van der Waals surface area contributed by atoms with Crippen LogP contribution in [0.1, 0.15) is 18.9 Å². The maximum Gasteiger partial charge on any atom is 0.267 e. The van der Waals surface area contributed by atoms with Gasteiger partial charge in [-0.25, -0.2) is 13.5 Å². The van der Waals surface area contributed by atoms with Gasteiger partial charge in [-0.3, -0.25) is 14.4 Å². The van der Waals surface area contributed by atoms with Crippen molar-refractivity contribution in [2.45, 2.75) is 26.8 Å². The summed E-state index contributed by atoms with van der Waals surface area (Å²) in [6.45, 7) is 3.13. The van der Waals surface area contributed by atoms with Gasteiger partial charge in [-0.15, -0.1) is 0 Å². The normalized spacial score (nSPS) is 10.6. The van der Waals surface area contributed by atoms with Crippen LogP contribution in [0, 0.1) is 18.6 Å². The molecule has 0 unspecified atom stereocenters. The molecule has 2 aromatic carbocycles. The molecule has 1 aromatic heterocycles. The quantitative estimate of drug-likeness (QED) is 0.631. The molecule has 9 heteroatoms. The summed E-state index contributed by atoms with van der Waals surface area (Å²) >= 11 is 0. The topological polar surface area (TPSA) is 93.1 Å². The van der Waals surface area contributed by atoms with Crippen LogP contribution in [0.15, 0.2) is 53.3 Å². The van der Waals surface area contributed by atoms with E-state index in [1.807, 2.05) is 13.0 Å². The van der Waals surface area contributed by atoms with Crippen molar-refractivity contribution in [3.8, 4) is 11.3 Å². The van der Waals surface area contributed by atoms with Gasteiger partial charge in [0.1, 0.15) is 18.2 Å². The molecule has 3 rings (SSSR count). The Morgan fingerprint density at radius 1 is 0.968 bits per heavy atom. The number of amides is 2. The molecular weight excluding hydrogens is 406 g/mol. The Kier molecular flexibility index (Phi) is 6.54. The zero-order valence-corrected chi connectivity index (χ0v) is 16.9. The van der Waals surface area contributed by atoms with E-state index in [1.54, 1.807) is 19.1 Å². The number of nitrogens with zero attached hydrogens (tertiary/aromatic N) is 2. The second-order valence-corrected chi connectivity index (χ2v) is 6.82. The van der Waals surface area contributed by atoms with E-state index in [0.717, 1.165) is 22.4 Å². The molecule has 0 fully saturated rings. The molecule has 1 heterocycles. The number of carbonyl (C=O) groups is 2. The molecule has 31 heavy (non-hydrogen) atoms. The molecule has 0 spiro atoms. The van der Waals surface area contributed by atoms with E-state index in [1.165, 1.54) is 12.1 Å². The van der Waals surface area contributed by atoms with E-state index in [2.05, 4.69) is 15.7 Å². The highest BCUT2D eigenvalue weighted by Crippen LogP contribution is 2.24. The molecule has 3 aromatic rings. The second-order valence-electron chi connectivity index (χ2n) is 6.82. The summed E-state index contributed by atoms with van der Waals surface area (Å²) in [5.41, 5.74) is 1.80. The van der Waals surface area contributed by atoms with Crippen LogP contribution >= 0.6 is 0 Å². The van der Waals surface area contributed by atoms with E-state index < -0.39 is 29.6 Å². The first kappa shape index (κ1) is 21.8. The van der Waals surface area contributed by atoms with E-state index in [-0.39, 0.29) is 11.6 Å². The summed E-state index contributed by atoms with van der Waals surface area (Å²) < 4.78 is 27.7. The lowest BCUT2D eigenvalue weighted by Crippen LogP contribution is -2.29. The Balaban J connectivity index is 1.83. The zero-order chi connectivity index (χ0) is 22.5. The molecule has 0 aliphatic carbocycles. The van der Waals surface area contributed by atoms with E-state index >= 15 is 0 Å². The van der Waals surface area contributed by atoms with Crippen molar-refractivity contribution in [3.05, 3.63) is 76.1 Å². The fourth-order valence-corrected chi connectivity index (χ4v) is 2.79. The van der Waals surface area contributed by atoms with Gasteiger partial charge in [0.05, 0.1) is 11.4 Å². The van der Waals surface area contributed by atoms with Gasteiger partial charge in [-0.05, 0) is 36.8 Å². The number of carbonyl (C=O) groups excluding carboxylic acids is 2. The fraction of sp³-hybridized carbons (Fsp3) is 0.182. The first-order valence-corrected chi connectivity index (χ1v) is 9.50. The number of hydrogen-bond acceptors (Lipinski definition) is 4. The summed E-state index contributed by atoms with van der Waals surface area (Å²) in [6.07, 6.45) is 0.330.